The Labute approximate surface area is 91.5 Å². The van der Waals surface area contributed by atoms with E-state index in [1.54, 1.807) is 0 Å². The maximum absolute atomic E-state index is 12.0. The zero-order valence-corrected chi connectivity index (χ0v) is 8.18. The number of carbonyl (C=O) groups is 1. The van der Waals surface area contributed by atoms with Gasteiger partial charge in [-0.15, -0.1) is 0 Å². The van der Waals surface area contributed by atoms with Gasteiger partial charge in [0, 0.05) is 13.1 Å². The van der Waals surface area contributed by atoms with Crippen LogP contribution >= 0.6 is 0 Å². The van der Waals surface area contributed by atoms with Crippen molar-refractivity contribution in [2.75, 3.05) is 13.1 Å². The first-order valence-electron chi connectivity index (χ1n) is 4.23. The molecule has 1 atom stereocenters. The summed E-state index contributed by atoms with van der Waals surface area (Å²) in [6, 6.07) is 0. The highest BCUT2D eigenvalue weighted by atomic mass is 19.4. The van der Waals surface area contributed by atoms with E-state index in [1.807, 2.05) is 0 Å². The van der Waals surface area contributed by atoms with E-state index in [0.717, 1.165) is 0 Å². The van der Waals surface area contributed by atoms with Gasteiger partial charge in [-0.25, -0.2) is 18.0 Å². The van der Waals surface area contributed by atoms with Gasteiger partial charge in [-0.3, -0.25) is 0 Å². The maximum atomic E-state index is 12.0. The van der Waals surface area contributed by atoms with Crippen LogP contribution in [0.5, 0.6) is 0 Å². The van der Waals surface area contributed by atoms with Gasteiger partial charge in [0.25, 0.3) is 12.8 Å². The molecule has 0 amide bonds. The number of hydrogen-bond acceptors (Lipinski definition) is 3. The van der Waals surface area contributed by atoms with Crippen LogP contribution in [0.15, 0.2) is 0 Å². The lowest BCUT2D eigenvalue weighted by atomic mass is 10.2. The molecule has 102 valence electrons. The van der Waals surface area contributed by atoms with Gasteiger partial charge in [0.05, 0.1) is 6.10 Å². The molecule has 1 aliphatic heterocycles. The number of halogens is 6. The standard InChI is InChI=1S/C5H8F3NO.C2HF3O2/c6-4(7)5(8)10-3-1-9-2-3;3-2(4,5)1(6)7/h3-5,9H,1-2H2;(H,6,7). The number of nitrogens with one attached hydrogen (secondary N) is 1. The number of aliphatic carboxylic acids is 1. The van der Waals surface area contributed by atoms with Crippen LogP contribution in [0.3, 0.4) is 0 Å². The highest BCUT2D eigenvalue weighted by Gasteiger charge is 2.38. The van der Waals surface area contributed by atoms with Crippen molar-refractivity contribution >= 4 is 5.97 Å². The minimum atomic E-state index is -5.08. The summed E-state index contributed by atoms with van der Waals surface area (Å²) in [6.07, 6.45) is -10.9. The van der Waals surface area contributed by atoms with Gasteiger partial charge in [-0.05, 0) is 0 Å². The Bertz CT molecular complexity index is 242. The summed E-state index contributed by atoms with van der Waals surface area (Å²) in [6.45, 7) is 0.931. The lowest BCUT2D eigenvalue weighted by Crippen LogP contribution is -2.50. The van der Waals surface area contributed by atoms with Crippen molar-refractivity contribution in [1.29, 1.82) is 0 Å². The molecule has 1 aliphatic rings. The van der Waals surface area contributed by atoms with E-state index >= 15 is 0 Å². The normalized spacial score (nSPS) is 18.1. The molecule has 1 saturated heterocycles. The van der Waals surface area contributed by atoms with Crippen LogP contribution in [0, 0.1) is 0 Å². The average molecular weight is 269 g/mol. The van der Waals surface area contributed by atoms with E-state index in [2.05, 4.69) is 10.1 Å². The van der Waals surface area contributed by atoms with Gasteiger partial charge in [0.2, 0.25) is 0 Å². The predicted molar refractivity (Wildman–Crippen MR) is 42.3 cm³/mol. The van der Waals surface area contributed by atoms with Gasteiger partial charge < -0.3 is 15.2 Å². The molecule has 1 fully saturated rings. The Kier molecular flexibility index (Phi) is 6.24. The summed E-state index contributed by atoms with van der Waals surface area (Å²) in [5.74, 6) is -2.76. The van der Waals surface area contributed by atoms with Gasteiger partial charge in [0.1, 0.15) is 0 Å². The van der Waals surface area contributed by atoms with Crippen molar-refractivity contribution < 1.29 is 41.0 Å². The third kappa shape index (κ3) is 7.00. The maximum Gasteiger partial charge on any atom is 0.490 e. The third-order valence-corrected chi connectivity index (χ3v) is 1.51. The topological polar surface area (TPSA) is 58.6 Å². The molecular formula is C7H9F6NO3. The van der Waals surface area contributed by atoms with E-state index in [4.69, 9.17) is 9.90 Å². The molecule has 1 heterocycles. The Morgan fingerprint density at radius 3 is 1.88 bits per heavy atom. The van der Waals surface area contributed by atoms with Crippen molar-refractivity contribution in [3.05, 3.63) is 0 Å². The van der Waals surface area contributed by atoms with E-state index < -0.39 is 24.9 Å². The number of rotatable bonds is 3. The zero-order chi connectivity index (χ0) is 13.6. The molecule has 0 aromatic carbocycles. The summed E-state index contributed by atoms with van der Waals surface area (Å²) >= 11 is 0. The molecule has 10 heteroatoms. The molecule has 1 rings (SSSR count). The van der Waals surface area contributed by atoms with E-state index in [1.165, 1.54) is 0 Å². The minimum absolute atomic E-state index is 0.371. The second kappa shape index (κ2) is 6.64. The van der Waals surface area contributed by atoms with Crippen molar-refractivity contribution in [3.63, 3.8) is 0 Å². The Morgan fingerprint density at radius 1 is 1.29 bits per heavy atom. The molecule has 4 nitrogen and oxygen atoms in total. The van der Waals surface area contributed by atoms with Crippen LogP contribution in [0.25, 0.3) is 0 Å². The van der Waals surface area contributed by atoms with Gasteiger partial charge in [-0.1, -0.05) is 0 Å². The summed E-state index contributed by atoms with van der Waals surface area (Å²) < 4.78 is 70.9. The molecule has 0 saturated carbocycles. The second-order valence-corrected chi connectivity index (χ2v) is 2.90. The van der Waals surface area contributed by atoms with Crippen LogP contribution in [0.4, 0.5) is 26.3 Å². The number of carboxylic acids is 1. The summed E-state index contributed by atoms with van der Waals surface area (Å²) in [4.78, 5) is 8.90. The van der Waals surface area contributed by atoms with Crippen LogP contribution in [0.2, 0.25) is 0 Å². The van der Waals surface area contributed by atoms with E-state index in [0.29, 0.717) is 13.1 Å². The van der Waals surface area contributed by atoms with Crippen molar-refractivity contribution in [3.8, 4) is 0 Å². The molecule has 0 radical (unpaired) electrons. The number of alkyl halides is 6. The minimum Gasteiger partial charge on any atom is -0.475 e. The fourth-order valence-corrected chi connectivity index (χ4v) is 0.602. The molecule has 0 aliphatic carbocycles. The van der Waals surface area contributed by atoms with Crippen LogP contribution in [-0.2, 0) is 9.53 Å². The van der Waals surface area contributed by atoms with Gasteiger partial charge in [0.15, 0.2) is 0 Å². The van der Waals surface area contributed by atoms with Crippen molar-refractivity contribution in [2.45, 2.75) is 25.1 Å². The fourth-order valence-electron chi connectivity index (χ4n) is 0.602. The van der Waals surface area contributed by atoms with Crippen LogP contribution < -0.4 is 5.32 Å². The molecule has 1 unspecified atom stereocenters. The number of ether oxygens (including phenoxy) is 1. The fraction of sp³-hybridized carbons (Fsp3) is 0.857. The SMILES string of the molecule is FC(F)C(F)OC1CNC1.O=C(O)C(F)(F)F. The van der Waals surface area contributed by atoms with E-state index in [9.17, 15) is 26.3 Å². The molecule has 0 aromatic rings. The summed E-state index contributed by atoms with van der Waals surface area (Å²) in [7, 11) is 0. The first-order valence-corrected chi connectivity index (χ1v) is 4.23. The average Bonchev–Trinajstić information content (AvgIpc) is 2.10. The molecular weight excluding hydrogens is 260 g/mol. The lowest BCUT2D eigenvalue weighted by Gasteiger charge is -2.28. The summed E-state index contributed by atoms with van der Waals surface area (Å²) in [5.41, 5.74) is 0. The highest BCUT2D eigenvalue weighted by molar-refractivity contribution is 5.73. The molecule has 0 spiro atoms. The molecule has 0 aromatic heterocycles. The quantitative estimate of drug-likeness (QED) is 0.755. The van der Waals surface area contributed by atoms with Crippen LogP contribution in [-0.4, -0.2) is 49.2 Å². The van der Waals surface area contributed by atoms with E-state index in [-0.39, 0.29) is 6.10 Å². The Morgan fingerprint density at radius 2 is 1.71 bits per heavy atom. The first-order chi connectivity index (χ1) is 7.64. The van der Waals surface area contributed by atoms with Crippen molar-refractivity contribution in [1.82, 2.24) is 5.32 Å². The third-order valence-electron chi connectivity index (χ3n) is 1.51. The lowest BCUT2D eigenvalue weighted by molar-refractivity contribution is -0.192. The predicted octanol–water partition coefficient (Wildman–Crippen LogP) is 1.17. The number of hydrogen-bond donors (Lipinski definition) is 2. The monoisotopic (exact) mass is 269 g/mol. The Hall–Kier alpha value is -1.03. The molecule has 0 bridgehead atoms. The second-order valence-electron chi connectivity index (χ2n) is 2.90. The smallest absolute Gasteiger partial charge is 0.475 e. The Balaban J connectivity index is 0.000000325. The van der Waals surface area contributed by atoms with Crippen molar-refractivity contribution in [2.24, 2.45) is 0 Å². The highest BCUT2D eigenvalue weighted by Crippen LogP contribution is 2.13. The molecule has 17 heavy (non-hydrogen) atoms. The first kappa shape index (κ1) is 16.0. The molecule has 2 N–H and O–H groups in total. The largest absolute Gasteiger partial charge is 0.490 e. The van der Waals surface area contributed by atoms with Crippen LogP contribution in [0.1, 0.15) is 0 Å². The van der Waals surface area contributed by atoms with Gasteiger partial charge in [-0.2, -0.15) is 13.2 Å². The van der Waals surface area contributed by atoms with Gasteiger partial charge >= 0.3 is 12.1 Å². The summed E-state index contributed by atoms with van der Waals surface area (Å²) in [5, 5.41) is 9.89. The zero-order valence-electron chi connectivity index (χ0n) is 8.18. The number of carboxylic acid groups (broad SMARTS) is 1.